The van der Waals surface area contributed by atoms with Gasteiger partial charge in [0.1, 0.15) is 0 Å². The molecule has 1 aromatic carbocycles. The molecule has 100 valence electrons. The summed E-state index contributed by atoms with van der Waals surface area (Å²) in [6, 6.07) is 7.41. The van der Waals surface area contributed by atoms with Crippen LogP contribution in [-0.4, -0.2) is 22.9 Å². The zero-order valence-electron chi connectivity index (χ0n) is 11.1. The fraction of sp³-hybridized carbons (Fsp3) is 0.286. The Morgan fingerprint density at radius 3 is 2.63 bits per heavy atom. The molecule has 19 heavy (non-hydrogen) atoms. The molecule has 0 radical (unpaired) electrons. The number of methoxy groups -OCH3 is 1. The first kappa shape index (κ1) is 13.8. The smallest absolute Gasteiger partial charge is 0.338 e. The second kappa shape index (κ2) is 5.57. The maximum atomic E-state index is 11.7. The molecule has 0 atom stereocenters. The summed E-state index contributed by atoms with van der Waals surface area (Å²) in [6.07, 6.45) is 0. The summed E-state index contributed by atoms with van der Waals surface area (Å²) in [7, 11) is 1.39. The molecule has 0 fully saturated rings. The van der Waals surface area contributed by atoms with Crippen molar-refractivity contribution < 1.29 is 9.53 Å². The van der Waals surface area contributed by atoms with E-state index < -0.39 is 0 Å². The summed E-state index contributed by atoms with van der Waals surface area (Å²) in [4.78, 5) is 11.7. The number of nitrogens with zero attached hydrogens (tertiary/aromatic N) is 2. The standard InChI is InChI=1S/C14H15BrN2O2/c1-9-13(15)10(2)17(16-9)8-11-6-4-5-7-12(11)14(18)19-3/h4-7H,8H2,1-3H3. The Morgan fingerprint density at radius 2 is 2.05 bits per heavy atom. The predicted octanol–water partition coefficient (Wildman–Crippen LogP) is 3.10. The van der Waals surface area contributed by atoms with Gasteiger partial charge in [-0.25, -0.2) is 4.79 Å². The Balaban J connectivity index is 2.38. The Morgan fingerprint density at radius 1 is 1.37 bits per heavy atom. The van der Waals surface area contributed by atoms with Crippen LogP contribution >= 0.6 is 15.9 Å². The van der Waals surface area contributed by atoms with Crippen LogP contribution in [0, 0.1) is 13.8 Å². The average Bonchev–Trinajstić information content (AvgIpc) is 2.66. The number of esters is 1. The van der Waals surface area contributed by atoms with E-state index in [1.807, 2.05) is 36.7 Å². The third-order valence-electron chi connectivity index (χ3n) is 3.04. The van der Waals surface area contributed by atoms with Crippen molar-refractivity contribution in [3.8, 4) is 0 Å². The highest BCUT2D eigenvalue weighted by Crippen LogP contribution is 2.21. The molecule has 0 aliphatic rings. The first-order chi connectivity index (χ1) is 9.04. The number of carbonyl (C=O) groups excluding carboxylic acids is 1. The molecule has 0 unspecified atom stereocenters. The number of aryl methyl sites for hydroxylation is 1. The van der Waals surface area contributed by atoms with Crippen LogP contribution in [0.15, 0.2) is 28.7 Å². The molecule has 2 aromatic rings. The van der Waals surface area contributed by atoms with Crippen molar-refractivity contribution in [2.24, 2.45) is 0 Å². The Kier molecular flexibility index (Phi) is 4.04. The lowest BCUT2D eigenvalue weighted by atomic mass is 10.1. The van der Waals surface area contributed by atoms with E-state index in [-0.39, 0.29) is 5.97 Å². The molecular formula is C14H15BrN2O2. The van der Waals surface area contributed by atoms with Crippen LogP contribution in [0.1, 0.15) is 27.3 Å². The van der Waals surface area contributed by atoms with Crippen LogP contribution < -0.4 is 0 Å². The molecule has 0 spiro atoms. The maximum absolute atomic E-state index is 11.7. The van der Waals surface area contributed by atoms with Crippen LogP contribution in [0.2, 0.25) is 0 Å². The largest absolute Gasteiger partial charge is 0.465 e. The van der Waals surface area contributed by atoms with Gasteiger partial charge in [0.15, 0.2) is 0 Å². The van der Waals surface area contributed by atoms with Crippen LogP contribution in [-0.2, 0) is 11.3 Å². The maximum Gasteiger partial charge on any atom is 0.338 e. The third-order valence-corrected chi connectivity index (χ3v) is 4.18. The van der Waals surface area contributed by atoms with E-state index >= 15 is 0 Å². The van der Waals surface area contributed by atoms with Gasteiger partial charge in [0.2, 0.25) is 0 Å². The highest BCUT2D eigenvalue weighted by Gasteiger charge is 2.14. The number of halogens is 1. The van der Waals surface area contributed by atoms with Gasteiger partial charge in [-0.1, -0.05) is 18.2 Å². The minimum absolute atomic E-state index is 0.323. The molecule has 2 rings (SSSR count). The summed E-state index contributed by atoms with van der Waals surface area (Å²) in [6.45, 7) is 4.48. The number of carbonyl (C=O) groups is 1. The van der Waals surface area contributed by atoms with E-state index in [1.165, 1.54) is 7.11 Å². The van der Waals surface area contributed by atoms with E-state index in [9.17, 15) is 4.79 Å². The van der Waals surface area contributed by atoms with Crippen molar-refractivity contribution in [2.75, 3.05) is 7.11 Å². The second-order valence-corrected chi connectivity index (χ2v) is 5.08. The number of ether oxygens (including phenoxy) is 1. The minimum atomic E-state index is -0.323. The average molecular weight is 323 g/mol. The Hall–Kier alpha value is -1.62. The fourth-order valence-electron chi connectivity index (χ4n) is 1.96. The highest BCUT2D eigenvalue weighted by atomic mass is 79.9. The van der Waals surface area contributed by atoms with Crippen molar-refractivity contribution in [3.63, 3.8) is 0 Å². The van der Waals surface area contributed by atoms with Crippen molar-refractivity contribution in [1.82, 2.24) is 9.78 Å². The molecule has 5 heteroatoms. The molecule has 0 saturated heterocycles. The molecule has 0 bridgehead atoms. The quantitative estimate of drug-likeness (QED) is 0.815. The molecule has 0 amide bonds. The van der Waals surface area contributed by atoms with Gasteiger partial charge >= 0.3 is 5.97 Å². The van der Waals surface area contributed by atoms with E-state index in [4.69, 9.17) is 4.74 Å². The summed E-state index contributed by atoms with van der Waals surface area (Å²) in [5.74, 6) is -0.323. The third kappa shape index (κ3) is 2.71. The highest BCUT2D eigenvalue weighted by molar-refractivity contribution is 9.10. The monoisotopic (exact) mass is 322 g/mol. The topological polar surface area (TPSA) is 44.1 Å². The van der Waals surface area contributed by atoms with Crippen LogP contribution in [0.5, 0.6) is 0 Å². The lowest BCUT2D eigenvalue weighted by Gasteiger charge is -2.09. The van der Waals surface area contributed by atoms with Gasteiger partial charge in [0.25, 0.3) is 0 Å². The second-order valence-electron chi connectivity index (χ2n) is 4.29. The van der Waals surface area contributed by atoms with Crippen LogP contribution in [0.25, 0.3) is 0 Å². The van der Waals surface area contributed by atoms with Crippen molar-refractivity contribution >= 4 is 21.9 Å². The number of hydrogen-bond acceptors (Lipinski definition) is 3. The van der Waals surface area contributed by atoms with Gasteiger partial charge in [0.05, 0.1) is 35.1 Å². The fourth-order valence-corrected chi connectivity index (χ4v) is 2.24. The minimum Gasteiger partial charge on any atom is -0.465 e. The van der Waals surface area contributed by atoms with Crippen molar-refractivity contribution in [3.05, 3.63) is 51.3 Å². The Bertz CT molecular complexity index is 620. The van der Waals surface area contributed by atoms with Gasteiger partial charge in [-0.15, -0.1) is 0 Å². The molecule has 0 aliphatic carbocycles. The molecule has 0 saturated carbocycles. The van der Waals surface area contributed by atoms with E-state index in [2.05, 4.69) is 21.0 Å². The lowest BCUT2D eigenvalue weighted by molar-refractivity contribution is 0.0599. The van der Waals surface area contributed by atoms with Crippen LogP contribution in [0.4, 0.5) is 0 Å². The molecule has 1 aromatic heterocycles. The Labute approximate surface area is 120 Å². The molecule has 4 nitrogen and oxygen atoms in total. The number of aromatic nitrogens is 2. The zero-order chi connectivity index (χ0) is 14.0. The van der Waals surface area contributed by atoms with E-state index in [0.29, 0.717) is 12.1 Å². The van der Waals surface area contributed by atoms with E-state index in [1.54, 1.807) is 6.07 Å². The van der Waals surface area contributed by atoms with Crippen molar-refractivity contribution in [1.29, 1.82) is 0 Å². The number of benzene rings is 1. The van der Waals surface area contributed by atoms with Gasteiger partial charge in [0, 0.05) is 0 Å². The normalized spacial score (nSPS) is 10.5. The summed E-state index contributed by atoms with van der Waals surface area (Å²) >= 11 is 3.50. The molecular weight excluding hydrogens is 308 g/mol. The summed E-state index contributed by atoms with van der Waals surface area (Å²) in [5.41, 5.74) is 3.45. The first-order valence-electron chi connectivity index (χ1n) is 5.90. The molecule has 0 N–H and O–H groups in total. The molecule has 0 aliphatic heterocycles. The SMILES string of the molecule is COC(=O)c1ccccc1Cn1nc(C)c(Br)c1C. The first-order valence-corrected chi connectivity index (χ1v) is 6.69. The summed E-state index contributed by atoms with van der Waals surface area (Å²) < 4.78 is 7.67. The predicted molar refractivity (Wildman–Crippen MR) is 76.3 cm³/mol. The summed E-state index contributed by atoms with van der Waals surface area (Å²) in [5, 5.41) is 4.45. The number of rotatable bonds is 3. The lowest BCUT2D eigenvalue weighted by Crippen LogP contribution is -2.10. The van der Waals surface area contributed by atoms with E-state index in [0.717, 1.165) is 21.4 Å². The van der Waals surface area contributed by atoms with Crippen LogP contribution in [0.3, 0.4) is 0 Å². The van der Waals surface area contributed by atoms with Gasteiger partial charge in [-0.3, -0.25) is 4.68 Å². The van der Waals surface area contributed by atoms with Gasteiger partial charge < -0.3 is 4.74 Å². The van der Waals surface area contributed by atoms with Gasteiger partial charge in [-0.05, 0) is 41.4 Å². The van der Waals surface area contributed by atoms with Crippen molar-refractivity contribution in [2.45, 2.75) is 20.4 Å². The molecule has 1 heterocycles. The zero-order valence-corrected chi connectivity index (χ0v) is 12.7. The number of hydrogen-bond donors (Lipinski definition) is 0. The van der Waals surface area contributed by atoms with Gasteiger partial charge in [-0.2, -0.15) is 5.10 Å².